The Bertz CT molecular complexity index is 557. The monoisotopic (exact) mass is 277 g/mol. The number of nitrogens with two attached hydrogens (primary N) is 1. The van der Waals surface area contributed by atoms with E-state index in [1.165, 1.54) is 0 Å². The number of fused-ring (bicyclic) bond motifs is 1. The SMILES string of the molecule is NC(=O)OCCNC(=O)c1ccc2c(c1)CCC(=O)N2. The summed E-state index contributed by atoms with van der Waals surface area (Å²) in [6.07, 6.45) is 0.168. The molecule has 0 radical (unpaired) electrons. The van der Waals surface area contributed by atoms with Crippen LogP contribution in [0.1, 0.15) is 22.3 Å². The highest BCUT2D eigenvalue weighted by atomic mass is 16.5. The van der Waals surface area contributed by atoms with Gasteiger partial charge in [0.2, 0.25) is 5.91 Å². The van der Waals surface area contributed by atoms with Gasteiger partial charge < -0.3 is 21.1 Å². The van der Waals surface area contributed by atoms with Crippen molar-refractivity contribution in [2.75, 3.05) is 18.5 Å². The van der Waals surface area contributed by atoms with Crippen LogP contribution in [-0.4, -0.2) is 31.1 Å². The van der Waals surface area contributed by atoms with Crippen LogP contribution in [0, 0.1) is 0 Å². The van der Waals surface area contributed by atoms with Gasteiger partial charge in [-0.2, -0.15) is 0 Å². The number of hydrogen-bond acceptors (Lipinski definition) is 4. The van der Waals surface area contributed by atoms with Crippen LogP contribution in [0.4, 0.5) is 10.5 Å². The molecular weight excluding hydrogens is 262 g/mol. The van der Waals surface area contributed by atoms with Gasteiger partial charge in [-0.15, -0.1) is 0 Å². The van der Waals surface area contributed by atoms with E-state index in [1.54, 1.807) is 18.2 Å². The maximum absolute atomic E-state index is 11.9. The fourth-order valence-corrected chi connectivity index (χ4v) is 1.94. The van der Waals surface area contributed by atoms with Crippen molar-refractivity contribution < 1.29 is 19.1 Å². The van der Waals surface area contributed by atoms with Gasteiger partial charge in [-0.25, -0.2) is 4.79 Å². The van der Waals surface area contributed by atoms with Crippen LogP contribution in [0.25, 0.3) is 0 Å². The van der Waals surface area contributed by atoms with Gasteiger partial charge in [0.25, 0.3) is 5.91 Å². The van der Waals surface area contributed by atoms with Crippen LogP contribution in [-0.2, 0) is 16.0 Å². The largest absolute Gasteiger partial charge is 0.448 e. The number of hydrogen-bond donors (Lipinski definition) is 3. The second-order valence-corrected chi connectivity index (χ2v) is 4.34. The molecule has 1 aliphatic rings. The van der Waals surface area contributed by atoms with Crippen LogP contribution in [0.15, 0.2) is 18.2 Å². The zero-order valence-corrected chi connectivity index (χ0v) is 10.8. The molecule has 0 aliphatic carbocycles. The van der Waals surface area contributed by atoms with E-state index in [9.17, 15) is 14.4 Å². The molecule has 0 spiro atoms. The Morgan fingerprint density at radius 2 is 2.15 bits per heavy atom. The molecule has 0 unspecified atom stereocenters. The second-order valence-electron chi connectivity index (χ2n) is 4.34. The molecule has 4 N–H and O–H groups in total. The average Bonchev–Trinajstić information content (AvgIpc) is 2.42. The van der Waals surface area contributed by atoms with Crippen LogP contribution in [0.2, 0.25) is 0 Å². The van der Waals surface area contributed by atoms with Crippen molar-refractivity contribution >= 4 is 23.6 Å². The molecule has 0 fully saturated rings. The van der Waals surface area contributed by atoms with Gasteiger partial charge in [0.15, 0.2) is 0 Å². The molecule has 1 aromatic carbocycles. The fourth-order valence-electron chi connectivity index (χ4n) is 1.94. The van der Waals surface area contributed by atoms with Crippen molar-refractivity contribution in [2.24, 2.45) is 5.73 Å². The lowest BCUT2D eigenvalue weighted by molar-refractivity contribution is -0.116. The number of rotatable bonds is 4. The van der Waals surface area contributed by atoms with Crippen molar-refractivity contribution in [2.45, 2.75) is 12.8 Å². The van der Waals surface area contributed by atoms with E-state index in [-0.39, 0.29) is 25.0 Å². The maximum Gasteiger partial charge on any atom is 0.404 e. The zero-order valence-electron chi connectivity index (χ0n) is 10.8. The Kier molecular flexibility index (Phi) is 4.19. The fraction of sp³-hybridized carbons (Fsp3) is 0.308. The minimum Gasteiger partial charge on any atom is -0.448 e. The number of benzene rings is 1. The highest BCUT2D eigenvalue weighted by Gasteiger charge is 2.16. The van der Waals surface area contributed by atoms with Gasteiger partial charge in [0, 0.05) is 17.7 Å². The molecule has 7 nitrogen and oxygen atoms in total. The molecule has 0 aromatic heterocycles. The number of carbonyl (C=O) groups is 3. The average molecular weight is 277 g/mol. The van der Waals surface area contributed by atoms with Crippen molar-refractivity contribution in [3.8, 4) is 0 Å². The lowest BCUT2D eigenvalue weighted by Crippen LogP contribution is -2.29. The van der Waals surface area contributed by atoms with Gasteiger partial charge >= 0.3 is 6.09 Å². The number of primary amides is 1. The van der Waals surface area contributed by atoms with E-state index in [0.717, 1.165) is 11.3 Å². The van der Waals surface area contributed by atoms with Gasteiger partial charge in [-0.3, -0.25) is 9.59 Å². The zero-order chi connectivity index (χ0) is 14.5. The van der Waals surface area contributed by atoms with E-state index >= 15 is 0 Å². The number of ether oxygens (including phenoxy) is 1. The first-order valence-corrected chi connectivity index (χ1v) is 6.19. The predicted octanol–water partition coefficient (Wildman–Crippen LogP) is 0.396. The van der Waals surface area contributed by atoms with E-state index < -0.39 is 6.09 Å². The summed E-state index contributed by atoms with van der Waals surface area (Å²) in [5, 5.41) is 5.36. The summed E-state index contributed by atoms with van der Waals surface area (Å²) >= 11 is 0. The Labute approximate surface area is 115 Å². The molecule has 7 heteroatoms. The van der Waals surface area contributed by atoms with E-state index in [0.29, 0.717) is 18.4 Å². The first kappa shape index (κ1) is 13.9. The van der Waals surface area contributed by atoms with Gasteiger partial charge in [0.1, 0.15) is 6.61 Å². The predicted molar refractivity (Wildman–Crippen MR) is 71.3 cm³/mol. The number of nitrogens with one attached hydrogen (secondary N) is 2. The molecule has 1 heterocycles. The third-order valence-electron chi connectivity index (χ3n) is 2.89. The Hall–Kier alpha value is -2.57. The smallest absolute Gasteiger partial charge is 0.404 e. The van der Waals surface area contributed by atoms with Gasteiger partial charge in [0.05, 0.1) is 6.54 Å². The molecule has 2 rings (SSSR count). The summed E-state index contributed by atoms with van der Waals surface area (Å²) in [6, 6.07) is 5.09. The topological polar surface area (TPSA) is 111 Å². The third kappa shape index (κ3) is 3.47. The number of anilines is 1. The Balaban J connectivity index is 1.94. The highest BCUT2D eigenvalue weighted by Crippen LogP contribution is 2.23. The Morgan fingerprint density at radius 3 is 2.90 bits per heavy atom. The molecule has 0 saturated carbocycles. The molecular formula is C13H15N3O4. The molecule has 20 heavy (non-hydrogen) atoms. The van der Waals surface area contributed by atoms with Crippen molar-refractivity contribution in [1.82, 2.24) is 5.32 Å². The maximum atomic E-state index is 11.9. The number of carbonyl (C=O) groups excluding carboxylic acids is 3. The lowest BCUT2D eigenvalue weighted by atomic mass is 10.00. The summed E-state index contributed by atoms with van der Waals surface area (Å²) in [4.78, 5) is 33.5. The molecule has 3 amide bonds. The minimum atomic E-state index is -0.872. The van der Waals surface area contributed by atoms with Crippen molar-refractivity contribution in [3.05, 3.63) is 29.3 Å². The Morgan fingerprint density at radius 1 is 1.35 bits per heavy atom. The normalized spacial score (nSPS) is 13.1. The van der Waals surface area contributed by atoms with Crippen molar-refractivity contribution in [1.29, 1.82) is 0 Å². The summed E-state index contributed by atoms with van der Waals surface area (Å²) in [5.74, 6) is -0.281. The molecule has 0 atom stereocenters. The van der Waals surface area contributed by atoms with E-state index in [4.69, 9.17) is 5.73 Å². The quantitative estimate of drug-likeness (QED) is 0.691. The summed E-state index contributed by atoms with van der Waals surface area (Å²) in [6.45, 7) is 0.220. The van der Waals surface area contributed by atoms with Crippen LogP contribution in [0.3, 0.4) is 0 Å². The second kappa shape index (κ2) is 6.05. The van der Waals surface area contributed by atoms with Crippen LogP contribution < -0.4 is 16.4 Å². The third-order valence-corrected chi connectivity index (χ3v) is 2.89. The summed E-state index contributed by atoms with van der Waals surface area (Å²) in [7, 11) is 0. The highest BCUT2D eigenvalue weighted by molar-refractivity contribution is 5.97. The molecule has 106 valence electrons. The number of aryl methyl sites for hydroxylation is 1. The molecule has 0 bridgehead atoms. The first-order valence-electron chi connectivity index (χ1n) is 6.19. The van der Waals surface area contributed by atoms with Crippen molar-refractivity contribution in [3.63, 3.8) is 0 Å². The molecule has 1 aromatic rings. The summed E-state index contributed by atoms with van der Waals surface area (Å²) < 4.78 is 4.51. The summed E-state index contributed by atoms with van der Waals surface area (Å²) in [5.41, 5.74) is 6.98. The van der Waals surface area contributed by atoms with Gasteiger partial charge in [-0.1, -0.05) is 0 Å². The standard InChI is InChI=1S/C13H15N3O4/c14-13(19)20-6-5-15-12(18)9-1-3-10-8(7-9)2-4-11(17)16-10/h1,3,7H,2,4-6H2,(H2,14,19)(H,15,18)(H,16,17). The molecule has 0 saturated heterocycles. The lowest BCUT2D eigenvalue weighted by Gasteiger charge is -2.17. The van der Waals surface area contributed by atoms with Gasteiger partial charge in [-0.05, 0) is 30.2 Å². The number of amides is 3. The van der Waals surface area contributed by atoms with Crippen LogP contribution in [0.5, 0.6) is 0 Å². The van der Waals surface area contributed by atoms with E-state index in [1.807, 2.05) is 0 Å². The van der Waals surface area contributed by atoms with Crippen LogP contribution >= 0.6 is 0 Å². The van der Waals surface area contributed by atoms with E-state index in [2.05, 4.69) is 15.4 Å². The molecule has 1 aliphatic heterocycles. The minimum absolute atomic E-state index is 0.0155. The first-order chi connectivity index (χ1) is 9.56.